The van der Waals surface area contributed by atoms with Gasteiger partial charge in [0.1, 0.15) is 5.75 Å². The molecule has 0 unspecified atom stereocenters. The van der Waals surface area contributed by atoms with Gasteiger partial charge >= 0.3 is 0 Å². The van der Waals surface area contributed by atoms with Gasteiger partial charge in [-0.05, 0) is 85.0 Å². The summed E-state index contributed by atoms with van der Waals surface area (Å²) >= 11 is 0. The van der Waals surface area contributed by atoms with E-state index in [1.165, 1.54) is 13.2 Å². The molecule has 4 rings (SSSR count). The predicted octanol–water partition coefficient (Wildman–Crippen LogP) is 5.76. The monoisotopic (exact) mass is 459 g/mol. The maximum Gasteiger partial charge on any atom is 0.163 e. The van der Waals surface area contributed by atoms with Gasteiger partial charge in [-0.1, -0.05) is 30.3 Å². The molecule has 4 aromatic rings. The number of ketones is 1. The first-order valence-corrected chi connectivity index (χ1v) is 12.4. The van der Waals surface area contributed by atoms with Crippen molar-refractivity contribution in [3.05, 3.63) is 84.1 Å². The van der Waals surface area contributed by atoms with Crippen LogP contribution in [-0.2, 0) is 14.6 Å². The zero-order valence-corrected chi connectivity index (χ0v) is 19.8. The van der Waals surface area contributed by atoms with E-state index in [9.17, 15) is 18.3 Å². The van der Waals surface area contributed by atoms with E-state index in [0.717, 1.165) is 27.6 Å². The average molecular weight is 460 g/mol. The van der Waals surface area contributed by atoms with Crippen molar-refractivity contribution in [2.45, 2.75) is 25.5 Å². The lowest BCUT2D eigenvalue weighted by Crippen LogP contribution is -2.28. The number of hydrogen-bond donors (Lipinski definition) is 1. The minimum atomic E-state index is -3.41. The first-order chi connectivity index (χ1) is 15.5. The number of aromatic nitrogens is 1. The highest BCUT2D eigenvalue weighted by Crippen LogP contribution is 2.38. The summed E-state index contributed by atoms with van der Waals surface area (Å²) in [5.74, 6) is -0.252. The summed E-state index contributed by atoms with van der Waals surface area (Å²) in [6, 6.07) is 20.4. The largest absolute Gasteiger partial charge is 0.507 e. The summed E-state index contributed by atoms with van der Waals surface area (Å²) in [4.78, 5) is 16.1. The van der Waals surface area contributed by atoms with Gasteiger partial charge in [-0.15, -0.1) is 0 Å². The van der Waals surface area contributed by atoms with Crippen molar-refractivity contribution in [3.8, 4) is 28.0 Å². The number of nitrogens with zero attached hydrogens (tertiary/aromatic N) is 1. The molecule has 168 valence electrons. The van der Waals surface area contributed by atoms with Gasteiger partial charge in [0, 0.05) is 17.8 Å². The van der Waals surface area contributed by atoms with Crippen LogP contribution in [0.15, 0.2) is 72.9 Å². The molecule has 0 bridgehead atoms. The van der Waals surface area contributed by atoms with Crippen LogP contribution in [0.4, 0.5) is 0 Å². The molecule has 1 N–H and O–H groups in total. The molecule has 0 saturated carbocycles. The Morgan fingerprint density at radius 3 is 2.18 bits per heavy atom. The Kier molecular flexibility index (Phi) is 5.58. The molecule has 0 saturated heterocycles. The second-order valence-electron chi connectivity index (χ2n) is 8.75. The van der Waals surface area contributed by atoms with E-state index in [-0.39, 0.29) is 17.1 Å². The first-order valence-electron chi connectivity index (χ1n) is 10.5. The number of aromatic hydroxyl groups is 1. The van der Waals surface area contributed by atoms with Gasteiger partial charge in [0.15, 0.2) is 15.6 Å². The molecule has 0 atom stereocenters. The summed E-state index contributed by atoms with van der Waals surface area (Å²) in [6.45, 7) is 4.82. The SMILES string of the molecule is CC(=O)c1ccc(-c2cccc(-c3cc(C(C)(C)S(C)(=O)=O)c4ncccc4c3)c2)cc1O. The van der Waals surface area contributed by atoms with Crippen molar-refractivity contribution < 1.29 is 18.3 Å². The van der Waals surface area contributed by atoms with E-state index in [2.05, 4.69) is 4.98 Å². The zero-order chi connectivity index (χ0) is 24.0. The molecule has 6 heteroatoms. The molecule has 0 radical (unpaired) electrons. The molecular formula is C27H25NO4S. The molecule has 0 fully saturated rings. The maximum absolute atomic E-state index is 12.6. The van der Waals surface area contributed by atoms with Crippen LogP contribution in [0.1, 0.15) is 36.7 Å². The van der Waals surface area contributed by atoms with Crippen molar-refractivity contribution in [1.82, 2.24) is 4.98 Å². The number of benzene rings is 3. The normalized spacial score (nSPS) is 12.1. The van der Waals surface area contributed by atoms with E-state index in [1.807, 2.05) is 48.5 Å². The van der Waals surface area contributed by atoms with Crippen molar-refractivity contribution in [2.24, 2.45) is 0 Å². The smallest absolute Gasteiger partial charge is 0.163 e. The number of phenols is 1. The van der Waals surface area contributed by atoms with E-state index in [4.69, 9.17) is 0 Å². The molecule has 1 heterocycles. The number of carbonyl (C=O) groups excluding carboxylic acids is 1. The molecule has 0 aliphatic heterocycles. The number of fused-ring (bicyclic) bond motifs is 1. The minimum Gasteiger partial charge on any atom is -0.507 e. The third-order valence-corrected chi connectivity index (χ3v) is 8.26. The molecule has 3 aromatic carbocycles. The van der Waals surface area contributed by atoms with Gasteiger partial charge in [0.05, 0.1) is 15.8 Å². The van der Waals surface area contributed by atoms with Crippen LogP contribution in [0, 0.1) is 0 Å². The molecule has 0 aliphatic carbocycles. The molecule has 0 aliphatic rings. The zero-order valence-electron chi connectivity index (χ0n) is 19.0. The fourth-order valence-electron chi connectivity index (χ4n) is 3.90. The van der Waals surface area contributed by atoms with Crippen molar-refractivity contribution >= 4 is 26.5 Å². The summed E-state index contributed by atoms with van der Waals surface area (Å²) in [5, 5.41) is 11.1. The Morgan fingerprint density at radius 1 is 0.879 bits per heavy atom. The summed E-state index contributed by atoms with van der Waals surface area (Å²) in [5.41, 5.74) is 5.01. The highest BCUT2D eigenvalue weighted by molar-refractivity contribution is 7.91. The Labute approximate surface area is 193 Å². The van der Waals surface area contributed by atoms with Crippen molar-refractivity contribution in [2.75, 3.05) is 6.26 Å². The van der Waals surface area contributed by atoms with Crippen LogP contribution < -0.4 is 0 Å². The van der Waals surface area contributed by atoms with Gasteiger partial charge in [0.25, 0.3) is 0 Å². The fourth-order valence-corrected chi connectivity index (χ4v) is 4.46. The quantitative estimate of drug-likeness (QED) is 0.384. The summed E-state index contributed by atoms with van der Waals surface area (Å²) in [6.07, 6.45) is 2.91. The van der Waals surface area contributed by atoms with Crippen LogP contribution in [0.25, 0.3) is 33.2 Å². The van der Waals surface area contributed by atoms with Crippen molar-refractivity contribution in [1.29, 1.82) is 0 Å². The number of hydrogen-bond acceptors (Lipinski definition) is 5. The van der Waals surface area contributed by atoms with Gasteiger partial charge in [0.2, 0.25) is 0 Å². The minimum absolute atomic E-state index is 0.0561. The van der Waals surface area contributed by atoms with E-state index < -0.39 is 14.6 Å². The third kappa shape index (κ3) is 4.14. The molecule has 0 spiro atoms. The molecular weight excluding hydrogens is 434 g/mol. The predicted molar refractivity (Wildman–Crippen MR) is 132 cm³/mol. The Balaban J connectivity index is 1.89. The number of phenolic OH excluding ortho intramolecular Hbond substituents is 1. The van der Waals surface area contributed by atoms with Gasteiger partial charge in [-0.2, -0.15) is 0 Å². The third-order valence-electron chi connectivity index (χ3n) is 6.19. The fraction of sp³-hybridized carbons (Fsp3) is 0.185. The molecule has 33 heavy (non-hydrogen) atoms. The van der Waals surface area contributed by atoms with E-state index in [0.29, 0.717) is 11.1 Å². The number of Topliss-reactive ketones (excluding diaryl/α,β-unsaturated/α-hetero) is 1. The second-order valence-corrected chi connectivity index (χ2v) is 11.3. The van der Waals surface area contributed by atoms with Crippen LogP contribution in [0.5, 0.6) is 5.75 Å². The van der Waals surface area contributed by atoms with Crippen molar-refractivity contribution in [3.63, 3.8) is 0 Å². The first kappa shape index (κ1) is 22.7. The van der Waals surface area contributed by atoms with E-state index in [1.54, 1.807) is 38.2 Å². The number of carbonyl (C=O) groups is 1. The highest BCUT2D eigenvalue weighted by Gasteiger charge is 2.34. The number of rotatable bonds is 5. The molecule has 0 amide bonds. The highest BCUT2D eigenvalue weighted by atomic mass is 32.2. The van der Waals surface area contributed by atoms with Gasteiger partial charge in [-0.3, -0.25) is 9.78 Å². The number of pyridine rings is 1. The Bertz CT molecular complexity index is 1500. The lowest BCUT2D eigenvalue weighted by molar-refractivity contribution is 0.101. The second kappa shape index (κ2) is 8.12. The maximum atomic E-state index is 12.6. The van der Waals surface area contributed by atoms with Crippen LogP contribution >= 0.6 is 0 Å². The summed E-state index contributed by atoms with van der Waals surface area (Å²) < 4.78 is 24.1. The lowest BCUT2D eigenvalue weighted by Gasteiger charge is -2.25. The molecule has 1 aromatic heterocycles. The standard InChI is InChI=1S/C27H25NO4S/c1-17(29)23-11-10-20(16-25(23)30)18-7-5-8-19(13-18)22-14-21-9-6-12-28-26(21)24(15-22)27(2,3)33(4,31)32/h5-16,30H,1-4H3. The number of sulfone groups is 1. The molecule has 5 nitrogen and oxygen atoms in total. The van der Waals surface area contributed by atoms with Gasteiger partial charge < -0.3 is 5.11 Å². The average Bonchev–Trinajstić information content (AvgIpc) is 2.77. The Hall–Kier alpha value is -3.51. The van der Waals surface area contributed by atoms with Gasteiger partial charge in [-0.25, -0.2) is 8.42 Å². The Morgan fingerprint density at radius 2 is 1.55 bits per heavy atom. The van der Waals surface area contributed by atoms with Crippen LogP contribution in [-0.4, -0.2) is 30.5 Å². The lowest BCUT2D eigenvalue weighted by atomic mass is 9.92. The summed E-state index contributed by atoms with van der Waals surface area (Å²) in [7, 11) is -3.41. The topological polar surface area (TPSA) is 84.3 Å². The van der Waals surface area contributed by atoms with Crippen LogP contribution in [0.2, 0.25) is 0 Å². The van der Waals surface area contributed by atoms with E-state index >= 15 is 0 Å². The van der Waals surface area contributed by atoms with Crippen LogP contribution in [0.3, 0.4) is 0 Å².